The fraction of sp³-hybridized carbons (Fsp3) is 1.00. The van der Waals surface area contributed by atoms with Crippen LogP contribution in [0.1, 0.15) is 39.5 Å². The number of hydrogen-bond acceptors (Lipinski definition) is 4. The molecule has 2 saturated carbocycles. The number of ether oxygens (including phenoxy) is 2. The van der Waals surface area contributed by atoms with Gasteiger partial charge in [0.2, 0.25) is 0 Å². The van der Waals surface area contributed by atoms with Gasteiger partial charge < -0.3 is 20.9 Å². The minimum atomic E-state index is 0. The zero-order valence-corrected chi connectivity index (χ0v) is 13.0. The van der Waals surface area contributed by atoms with E-state index in [2.05, 4.69) is 0 Å². The van der Waals surface area contributed by atoms with E-state index in [1.165, 1.54) is 0 Å². The fourth-order valence-corrected chi connectivity index (χ4v) is 1.96. The Balaban J connectivity index is 0. The van der Waals surface area contributed by atoms with Crippen LogP contribution in [0.4, 0.5) is 0 Å². The molecule has 0 radical (unpaired) electrons. The summed E-state index contributed by atoms with van der Waals surface area (Å²) in [7, 11) is 0. The first kappa shape index (κ1) is 20.7. The van der Waals surface area contributed by atoms with E-state index >= 15 is 0 Å². The van der Waals surface area contributed by atoms with Crippen LogP contribution in [0.15, 0.2) is 0 Å². The Kier molecular flexibility index (Phi) is 13.0. The summed E-state index contributed by atoms with van der Waals surface area (Å²) < 4.78 is 10.5. The van der Waals surface area contributed by atoms with Gasteiger partial charge in [-0.25, -0.2) is 0 Å². The lowest BCUT2D eigenvalue weighted by Gasteiger charge is -2.31. The second-order valence-electron chi connectivity index (χ2n) is 4.62. The van der Waals surface area contributed by atoms with Gasteiger partial charge in [0.05, 0.1) is 12.2 Å². The molecule has 2 fully saturated rings. The molecule has 0 aliphatic heterocycles. The third kappa shape index (κ3) is 7.77. The first-order valence-corrected chi connectivity index (χ1v) is 6.40. The number of hydrogen-bond donors (Lipinski definition) is 2. The first-order chi connectivity index (χ1) is 7.65. The van der Waals surface area contributed by atoms with E-state index in [0.29, 0.717) is 24.3 Å². The molecule has 0 aromatic heterocycles. The normalized spacial score (nSPS) is 32.7. The van der Waals surface area contributed by atoms with Crippen molar-refractivity contribution < 1.29 is 9.47 Å². The van der Waals surface area contributed by atoms with Crippen LogP contribution in [-0.2, 0) is 9.47 Å². The monoisotopic (exact) mass is 302 g/mol. The van der Waals surface area contributed by atoms with E-state index in [4.69, 9.17) is 20.9 Å². The summed E-state index contributed by atoms with van der Waals surface area (Å²) in [5.41, 5.74) is 11.0. The first-order valence-electron chi connectivity index (χ1n) is 6.40. The van der Waals surface area contributed by atoms with Gasteiger partial charge in [0, 0.05) is 25.3 Å². The average Bonchev–Trinajstić information content (AvgIpc) is 2.15. The fourth-order valence-electron chi connectivity index (χ4n) is 1.96. The second kappa shape index (κ2) is 11.3. The lowest BCUT2D eigenvalue weighted by molar-refractivity contribution is -0.00145. The van der Waals surface area contributed by atoms with Crippen LogP contribution < -0.4 is 11.5 Å². The molecule has 112 valence electrons. The second-order valence-corrected chi connectivity index (χ2v) is 4.62. The van der Waals surface area contributed by atoms with E-state index < -0.39 is 0 Å². The van der Waals surface area contributed by atoms with Crippen LogP contribution in [-0.4, -0.2) is 37.5 Å². The molecule has 0 aromatic carbocycles. The molecule has 18 heavy (non-hydrogen) atoms. The molecular weight excluding hydrogens is 275 g/mol. The molecule has 4 N–H and O–H groups in total. The minimum Gasteiger partial charge on any atom is -0.378 e. The summed E-state index contributed by atoms with van der Waals surface area (Å²) in [5, 5.41) is 0. The Morgan fingerprint density at radius 3 is 1.22 bits per heavy atom. The predicted octanol–water partition coefficient (Wildman–Crippen LogP) is 1.87. The maximum atomic E-state index is 5.52. The highest BCUT2D eigenvalue weighted by molar-refractivity contribution is 5.85. The largest absolute Gasteiger partial charge is 0.378 e. The summed E-state index contributed by atoms with van der Waals surface area (Å²) in [5.74, 6) is 0. The molecule has 4 nitrogen and oxygen atoms in total. The van der Waals surface area contributed by atoms with E-state index in [0.717, 1.165) is 38.9 Å². The van der Waals surface area contributed by atoms with Crippen molar-refractivity contribution in [2.45, 2.75) is 63.8 Å². The minimum absolute atomic E-state index is 0. The molecule has 0 bridgehead atoms. The standard InChI is InChI=1S/2C6H13NO.2ClH/c2*1-2-8-6-3-5(7)4-6;;/h2*5-6H,2-4,7H2,1H3;2*1H. The van der Waals surface area contributed by atoms with Gasteiger partial charge in [-0.3, -0.25) is 0 Å². The Hall–Kier alpha value is 0.420. The predicted molar refractivity (Wildman–Crippen MR) is 79.7 cm³/mol. The molecular formula is C12H28Cl2N2O2. The number of nitrogens with two attached hydrogens (primary N) is 2. The third-order valence-electron chi connectivity index (χ3n) is 3.07. The highest BCUT2D eigenvalue weighted by Crippen LogP contribution is 2.21. The number of halogens is 2. The molecule has 0 heterocycles. The van der Waals surface area contributed by atoms with Crippen LogP contribution in [0.2, 0.25) is 0 Å². The van der Waals surface area contributed by atoms with Gasteiger partial charge in [-0.1, -0.05) is 0 Å². The Morgan fingerprint density at radius 1 is 0.778 bits per heavy atom. The van der Waals surface area contributed by atoms with E-state index in [1.807, 2.05) is 13.8 Å². The SMILES string of the molecule is CCOC1CC(N)C1.CCOC1CC(N)C1.Cl.Cl. The maximum Gasteiger partial charge on any atom is 0.0604 e. The molecule has 2 rings (SSSR count). The van der Waals surface area contributed by atoms with Crippen LogP contribution in [0.5, 0.6) is 0 Å². The van der Waals surface area contributed by atoms with Gasteiger partial charge in [-0.05, 0) is 39.5 Å². The summed E-state index contributed by atoms with van der Waals surface area (Å²) >= 11 is 0. The van der Waals surface area contributed by atoms with E-state index in [1.54, 1.807) is 0 Å². The summed E-state index contributed by atoms with van der Waals surface area (Å²) in [4.78, 5) is 0. The van der Waals surface area contributed by atoms with Crippen molar-refractivity contribution in [2.75, 3.05) is 13.2 Å². The maximum absolute atomic E-state index is 5.52. The molecule has 2 aliphatic rings. The van der Waals surface area contributed by atoms with Gasteiger partial charge >= 0.3 is 0 Å². The van der Waals surface area contributed by atoms with Crippen LogP contribution in [0, 0.1) is 0 Å². The van der Waals surface area contributed by atoms with Crippen LogP contribution in [0.25, 0.3) is 0 Å². The quantitative estimate of drug-likeness (QED) is 0.832. The van der Waals surface area contributed by atoms with Crippen molar-refractivity contribution >= 4 is 24.8 Å². The van der Waals surface area contributed by atoms with Crippen LogP contribution >= 0.6 is 24.8 Å². The van der Waals surface area contributed by atoms with Crippen molar-refractivity contribution in [3.8, 4) is 0 Å². The van der Waals surface area contributed by atoms with Gasteiger partial charge in [0.15, 0.2) is 0 Å². The third-order valence-corrected chi connectivity index (χ3v) is 3.07. The Labute approximate surface area is 123 Å². The summed E-state index contributed by atoms with van der Waals surface area (Å²) in [6.45, 7) is 5.70. The molecule has 0 spiro atoms. The van der Waals surface area contributed by atoms with Gasteiger partial charge in [-0.2, -0.15) is 0 Å². The van der Waals surface area contributed by atoms with Crippen molar-refractivity contribution in [1.82, 2.24) is 0 Å². The molecule has 0 aromatic rings. The Morgan fingerprint density at radius 2 is 1.06 bits per heavy atom. The average molecular weight is 303 g/mol. The van der Waals surface area contributed by atoms with E-state index in [9.17, 15) is 0 Å². The molecule has 2 aliphatic carbocycles. The molecule has 0 saturated heterocycles. The molecule has 0 unspecified atom stereocenters. The smallest absolute Gasteiger partial charge is 0.0604 e. The molecule has 0 amide bonds. The van der Waals surface area contributed by atoms with Crippen molar-refractivity contribution in [1.29, 1.82) is 0 Å². The van der Waals surface area contributed by atoms with E-state index in [-0.39, 0.29) is 24.8 Å². The van der Waals surface area contributed by atoms with Crippen LogP contribution in [0.3, 0.4) is 0 Å². The van der Waals surface area contributed by atoms with Crippen molar-refractivity contribution in [2.24, 2.45) is 11.5 Å². The number of rotatable bonds is 4. The molecule has 0 atom stereocenters. The zero-order chi connectivity index (χ0) is 12.0. The summed E-state index contributed by atoms with van der Waals surface area (Å²) in [6.07, 6.45) is 5.22. The van der Waals surface area contributed by atoms with Gasteiger partial charge in [0.1, 0.15) is 0 Å². The van der Waals surface area contributed by atoms with Crippen molar-refractivity contribution in [3.63, 3.8) is 0 Å². The zero-order valence-electron chi connectivity index (χ0n) is 11.3. The van der Waals surface area contributed by atoms with Crippen molar-refractivity contribution in [3.05, 3.63) is 0 Å². The topological polar surface area (TPSA) is 70.5 Å². The molecule has 6 heteroatoms. The highest BCUT2D eigenvalue weighted by Gasteiger charge is 2.26. The lowest BCUT2D eigenvalue weighted by Crippen LogP contribution is -2.41. The van der Waals surface area contributed by atoms with Gasteiger partial charge in [-0.15, -0.1) is 24.8 Å². The lowest BCUT2D eigenvalue weighted by atomic mass is 9.90. The van der Waals surface area contributed by atoms with Gasteiger partial charge in [0.25, 0.3) is 0 Å². The Bertz CT molecular complexity index is 161. The summed E-state index contributed by atoms with van der Waals surface area (Å²) in [6, 6.07) is 0.845. The highest BCUT2D eigenvalue weighted by atomic mass is 35.5.